The molecule has 0 bridgehead atoms. The Kier molecular flexibility index (Phi) is 4.90. The van der Waals surface area contributed by atoms with Crippen LogP contribution in [0.25, 0.3) is 0 Å². The van der Waals surface area contributed by atoms with Crippen molar-refractivity contribution < 1.29 is 9.53 Å². The molecule has 1 N–H and O–H groups in total. The lowest BCUT2D eigenvalue weighted by molar-refractivity contribution is 0.0853. The van der Waals surface area contributed by atoms with Crippen LogP contribution in [0.5, 0.6) is 0 Å². The third-order valence-corrected chi connectivity index (χ3v) is 4.36. The average molecular weight is 304 g/mol. The molecule has 1 unspecified atom stereocenters. The van der Waals surface area contributed by atoms with Crippen LogP contribution in [0, 0.1) is 0 Å². The van der Waals surface area contributed by atoms with Gasteiger partial charge >= 0.3 is 0 Å². The lowest BCUT2D eigenvalue weighted by Gasteiger charge is -2.34. The first kappa shape index (κ1) is 15.2. The molecular formula is C16H24N4O2. The molecule has 2 saturated heterocycles. The van der Waals surface area contributed by atoms with Crippen molar-refractivity contribution in [1.82, 2.24) is 15.2 Å². The third-order valence-electron chi connectivity index (χ3n) is 4.36. The number of anilines is 1. The number of hydrogen-bond donors (Lipinski definition) is 1. The zero-order valence-electron chi connectivity index (χ0n) is 13.1. The normalized spacial score (nSPS) is 22.8. The smallest absolute Gasteiger partial charge is 0.270 e. The molecule has 0 saturated carbocycles. The molecule has 120 valence electrons. The van der Waals surface area contributed by atoms with E-state index in [1.165, 1.54) is 0 Å². The van der Waals surface area contributed by atoms with Crippen molar-refractivity contribution in [3.8, 4) is 0 Å². The van der Waals surface area contributed by atoms with Gasteiger partial charge in [0.25, 0.3) is 5.91 Å². The Morgan fingerprint density at radius 2 is 2.23 bits per heavy atom. The molecule has 6 heteroatoms. The van der Waals surface area contributed by atoms with Gasteiger partial charge in [-0.15, -0.1) is 0 Å². The molecule has 1 atom stereocenters. The number of amides is 1. The van der Waals surface area contributed by atoms with Crippen LogP contribution in [-0.2, 0) is 4.74 Å². The number of carbonyl (C=O) groups excluding carboxylic acids is 1. The summed E-state index contributed by atoms with van der Waals surface area (Å²) in [5, 5.41) is 2.92. The fourth-order valence-electron chi connectivity index (χ4n) is 2.91. The van der Waals surface area contributed by atoms with E-state index in [4.69, 9.17) is 4.74 Å². The largest absolute Gasteiger partial charge is 0.376 e. The highest BCUT2D eigenvalue weighted by molar-refractivity contribution is 5.93. The van der Waals surface area contributed by atoms with Crippen LogP contribution in [0.15, 0.2) is 18.3 Å². The second-order valence-corrected chi connectivity index (χ2v) is 6.03. The number of rotatable bonds is 4. The maximum Gasteiger partial charge on any atom is 0.270 e. The van der Waals surface area contributed by atoms with Crippen molar-refractivity contribution in [2.24, 2.45) is 0 Å². The first-order valence-corrected chi connectivity index (χ1v) is 8.02. The van der Waals surface area contributed by atoms with E-state index in [-0.39, 0.29) is 12.0 Å². The summed E-state index contributed by atoms with van der Waals surface area (Å²) in [4.78, 5) is 21.1. The van der Waals surface area contributed by atoms with Gasteiger partial charge in [0.15, 0.2) is 0 Å². The molecule has 0 spiro atoms. The first-order valence-electron chi connectivity index (χ1n) is 8.02. The molecule has 1 aromatic heterocycles. The maximum absolute atomic E-state index is 12.2. The zero-order valence-corrected chi connectivity index (χ0v) is 13.1. The summed E-state index contributed by atoms with van der Waals surface area (Å²) in [6.45, 7) is 5.43. The zero-order chi connectivity index (χ0) is 15.4. The Morgan fingerprint density at radius 1 is 1.41 bits per heavy atom. The lowest BCUT2D eigenvalue weighted by atomic mass is 10.2. The van der Waals surface area contributed by atoms with Crippen LogP contribution in [0.4, 0.5) is 5.69 Å². The van der Waals surface area contributed by atoms with E-state index in [1.807, 2.05) is 12.1 Å². The highest BCUT2D eigenvalue weighted by Gasteiger charge is 2.19. The number of ether oxygens (including phenoxy) is 1. The van der Waals surface area contributed by atoms with Gasteiger partial charge in [-0.25, -0.2) is 0 Å². The minimum absolute atomic E-state index is 0.119. The molecule has 2 fully saturated rings. The van der Waals surface area contributed by atoms with Gasteiger partial charge in [-0.05, 0) is 32.0 Å². The van der Waals surface area contributed by atoms with E-state index < -0.39 is 0 Å². The Morgan fingerprint density at radius 3 is 2.95 bits per heavy atom. The number of likely N-dealkylation sites (N-methyl/N-ethyl adjacent to an activating group) is 1. The quantitative estimate of drug-likeness (QED) is 0.889. The number of nitrogens with zero attached hydrogens (tertiary/aromatic N) is 3. The monoisotopic (exact) mass is 304 g/mol. The maximum atomic E-state index is 12.2. The molecule has 2 aliphatic rings. The predicted octanol–water partition coefficient (Wildman–Crippen LogP) is 0.742. The molecule has 2 aliphatic heterocycles. The van der Waals surface area contributed by atoms with Crippen LogP contribution >= 0.6 is 0 Å². The molecule has 0 aromatic carbocycles. The Hall–Kier alpha value is -1.66. The van der Waals surface area contributed by atoms with Gasteiger partial charge < -0.3 is 19.9 Å². The van der Waals surface area contributed by atoms with Gasteiger partial charge in [0.1, 0.15) is 5.69 Å². The van der Waals surface area contributed by atoms with Crippen molar-refractivity contribution in [3.05, 3.63) is 24.0 Å². The van der Waals surface area contributed by atoms with E-state index in [0.717, 1.165) is 51.3 Å². The summed E-state index contributed by atoms with van der Waals surface area (Å²) >= 11 is 0. The van der Waals surface area contributed by atoms with Gasteiger partial charge in [0, 0.05) is 51.2 Å². The molecular weight excluding hydrogens is 280 g/mol. The number of pyridine rings is 1. The van der Waals surface area contributed by atoms with E-state index >= 15 is 0 Å². The summed E-state index contributed by atoms with van der Waals surface area (Å²) in [5.74, 6) is -0.119. The molecule has 3 rings (SSSR count). The van der Waals surface area contributed by atoms with Gasteiger partial charge in [-0.1, -0.05) is 0 Å². The molecule has 0 aliphatic carbocycles. The fourth-order valence-corrected chi connectivity index (χ4v) is 2.91. The van der Waals surface area contributed by atoms with Gasteiger partial charge in [-0.2, -0.15) is 0 Å². The predicted molar refractivity (Wildman–Crippen MR) is 85.3 cm³/mol. The van der Waals surface area contributed by atoms with E-state index in [9.17, 15) is 4.79 Å². The highest BCUT2D eigenvalue weighted by atomic mass is 16.5. The van der Waals surface area contributed by atoms with Gasteiger partial charge in [0.05, 0.1) is 6.10 Å². The highest BCUT2D eigenvalue weighted by Crippen LogP contribution is 2.16. The van der Waals surface area contributed by atoms with Crippen molar-refractivity contribution >= 4 is 11.6 Å². The third kappa shape index (κ3) is 3.75. The van der Waals surface area contributed by atoms with E-state index in [0.29, 0.717) is 12.2 Å². The van der Waals surface area contributed by atoms with Gasteiger partial charge in [0.2, 0.25) is 0 Å². The number of nitrogens with one attached hydrogen (secondary N) is 1. The summed E-state index contributed by atoms with van der Waals surface area (Å²) < 4.78 is 5.52. The van der Waals surface area contributed by atoms with Crippen LogP contribution in [0.1, 0.15) is 23.3 Å². The van der Waals surface area contributed by atoms with Crippen LogP contribution < -0.4 is 10.2 Å². The number of carbonyl (C=O) groups is 1. The fraction of sp³-hybridized carbons (Fsp3) is 0.625. The van der Waals surface area contributed by atoms with E-state index in [1.54, 1.807) is 6.20 Å². The summed E-state index contributed by atoms with van der Waals surface area (Å²) in [7, 11) is 2.13. The van der Waals surface area contributed by atoms with Crippen LogP contribution in [0.2, 0.25) is 0 Å². The van der Waals surface area contributed by atoms with Crippen molar-refractivity contribution in [2.75, 3.05) is 51.3 Å². The lowest BCUT2D eigenvalue weighted by Crippen LogP contribution is -2.44. The number of hydrogen-bond acceptors (Lipinski definition) is 5. The van der Waals surface area contributed by atoms with E-state index in [2.05, 4.69) is 27.1 Å². The second kappa shape index (κ2) is 7.07. The first-order chi connectivity index (χ1) is 10.7. The number of aromatic nitrogens is 1. The van der Waals surface area contributed by atoms with Crippen molar-refractivity contribution in [3.63, 3.8) is 0 Å². The molecule has 6 nitrogen and oxygen atoms in total. The Balaban J connectivity index is 1.59. The molecule has 0 radical (unpaired) electrons. The second-order valence-electron chi connectivity index (χ2n) is 6.03. The summed E-state index contributed by atoms with van der Waals surface area (Å²) in [6, 6.07) is 3.86. The SMILES string of the molecule is CN1CCN(c2ccnc(C(=O)NCC3CCCO3)c2)CC1. The van der Waals surface area contributed by atoms with Crippen molar-refractivity contribution in [2.45, 2.75) is 18.9 Å². The van der Waals surface area contributed by atoms with Crippen molar-refractivity contribution in [1.29, 1.82) is 0 Å². The molecule has 1 amide bonds. The van der Waals surface area contributed by atoms with Crippen LogP contribution in [-0.4, -0.2) is 68.3 Å². The summed E-state index contributed by atoms with van der Waals surface area (Å²) in [6.07, 6.45) is 3.98. The molecule has 1 aromatic rings. The molecule has 3 heterocycles. The topological polar surface area (TPSA) is 57.7 Å². The number of piperazine rings is 1. The standard InChI is InChI=1S/C16H24N4O2/c1-19-6-8-20(9-7-19)13-4-5-17-15(11-13)16(21)18-12-14-3-2-10-22-14/h4-5,11,14H,2-3,6-10,12H2,1H3,(H,18,21). The minimum atomic E-state index is -0.119. The average Bonchev–Trinajstić information content (AvgIpc) is 3.07. The molecule has 22 heavy (non-hydrogen) atoms. The Labute approximate surface area is 131 Å². The van der Waals surface area contributed by atoms with Crippen LogP contribution in [0.3, 0.4) is 0 Å². The Bertz CT molecular complexity index is 509. The van der Waals surface area contributed by atoms with Gasteiger partial charge in [-0.3, -0.25) is 9.78 Å². The minimum Gasteiger partial charge on any atom is -0.376 e. The summed E-state index contributed by atoms with van der Waals surface area (Å²) in [5.41, 5.74) is 1.56.